The molecule has 5 N–H and O–H groups in total. The predicted molar refractivity (Wildman–Crippen MR) is 154 cm³/mol. The smallest absolute Gasteiger partial charge is 0.316 e. The average molecular weight is 543 g/mol. The number of amides is 2. The van der Waals surface area contributed by atoms with E-state index in [1.54, 1.807) is 16.9 Å². The molecule has 11 nitrogen and oxygen atoms in total. The number of nitrogens with one attached hydrogen (secondary N) is 2. The van der Waals surface area contributed by atoms with Gasteiger partial charge in [-0.1, -0.05) is 18.2 Å². The molecule has 1 saturated heterocycles. The van der Waals surface area contributed by atoms with Crippen molar-refractivity contribution in [3.8, 4) is 22.5 Å². The third-order valence-electron chi connectivity index (χ3n) is 6.78. The Morgan fingerprint density at radius 1 is 1.12 bits per heavy atom. The van der Waals surface area contributed by atoms with E-state index in [0.29, 0.717) is 29.6 Å². The largest absolute Gasteiger partial charge is 0.394 e. The Hall–Kier alpha value is -4.32. The number of hydrogen-bond donors (Lipinski definition) is 4. The van der Waals surface area contributed by atoms with Gasteiger partial charge in [-0.15, -0.1) is 0 Å². The molecule has 0 saturated carbocycles. The van der Waals surface area contributed by atoms with Crippen LogP contribution in [0.2, 0.25) is 0 Å². The van der Waals surface area contributed by atoms with Crippen molar-refractivity contribution in [3.05, 3.63) is 72.1 Å². The van der Waals surface area contributed by atoms with Gasteiger partial charge in [0.1, 0.15) is 5.69 Å². The molecule has 208 valence electrons. The van der Waals surface area contributed by atoms with Crippen LogP contribution in [0.15, 0.2) is 60.9 Å². The molecule has 1 aliphatic heterocycles. The van der Waals surface area contributed by atoms with Crippen molar-refractivity contribution in [2.45, 2.75) is 19.9 Å². The van der Waals surface area contributed by atoms with E-state index in [1.165, 1.54) is 5.56 Å². The molecule has 11 heteroatoms. The fourth-order valence-corrected chi connectivity index (χ4v) is 4.74. The number of ether oxygens (including phenoxy) is 1. The van der Waals surface area contributed by atoms with Gasteiger partial charge in [0.25, 0.3) is 0 Å². The Kier molecular flexibility index (Phi) is 8.65. The zero-order chi connectivity index (χ0) is 27.9. The Balaban J connectivity index is 1.37. The lowest BCUT2D eigenvalue weighted by Crippen LogP contribution is -2.37. The van der Waals surface area contributed by atoms with Crippen LogP contribution < -0.4 is 16.4 Å². The van der Waals surface area contributed by atoms with E-state index in [9.17, 15) is 9.90 Å². The molecule has 0 spiro atoms. The molecule has 2 aromatic heterocycles. The number of aromatic nitrogens is 4. The number of hydrogen-bond acceptors (Lipinski definition) is 8. The standard InChI is InChI=1S/C29H34N8O3/c1-20-17-22(5-6-25(20)33-28(30)39)27-24(19-37(35-27)11-14-38)26-7-9-31-29(34-26)32-23-4-2-3-21(18-23)8-10-36-12-15-40-16-13-36/h2-7,9,17-19,38H,8,10-16H2,1H3,(H3,30,33,39)(H,31,32,34). The summed E-state index contributed by atoms with van der Waals surface area (Å²) in [7, 11) is 0. The minimum Gasteiger partial charge on any atom is -0.394 e. The summed E-state index contributed by atoms with van der Waals surface area (Å²) in [5.74, 6) is 0.473. The molecule has 5 rings (SSSR count). The molecular formula is C29H34N8O3. The second kappa shape index (κ2) is 12.7. The normalized spacial score (nSPS) is 13.8. The monoisotopic (exact) mass is 542 g/mol. The molecule has 3 heterocycles. The van der Waals surface area contributed by atoms with Gasteiger partial charge in [0, 0.05) is 54.5 Å². The van der Waals surface area contributed by atoms with Crippen molar-refractivity contribution < 1.29 is 14.6 Å². The van der Waals surface area contributed by atoms with Gasteiger partial charge in [-0.25, -0.2) is 14.8 Å². The van der Waals surface area contributed by atoms with E-state index < -0.39 is 6.03 Å². The SMILES string of the molecule is Cc1cc(-c2nn(CCO)cc2-c2ccnc(Nc3cccc(CCN4CCOCC4)c3)n2)ccc1NC(N)=O. The highest BCUT2D eigenvalue weighted by Crippen LogP contribution is 2.32. The highest BCUT2D eigenvalue weighted by Gasteiger charge is 2.17. The fourth-order valence-electron chi connectivity index (χ4n) is 4.74. The van der Waals surface area contributed by atoms with Crippen LogP contribution >= 0.6 is 0 Å². The quantitative estimate of drug-likeness (QED) is 0.239. The van der Waals surface area contributed by atoms with Crippen LogP contribution in [0.4, 0.5) is 22.1 Å². The number of aliphatic hydroxyl groups is 1. The van der Waals surface area contributed by atoms with Crippen LogP contribution in [0.1, 0.15) is 11.1 Å². The van der Waals surface area contributed by atoms with Gasteiger partial charge >= 0.3 is 6.03 Å². The highest BCUT2D eigenvalue weighted by atomic mass is 16.5. The summed E-state index contributed by atoms with van der Waals surface area (Å²) in [6.45, 7) is 6.74. The maximum Gasteiger partial charge on any atom is 0.316 e. The number of carbonyl (C=O) groups excluding carboxylic acids is 1. The highest BCUT2D eigenvalue weighted by molar-refractivity contribution is 5.89. The Morgan fingerprint density at radius 3 is 2.75 bits per heavy atom. The second-order valence-electron chi connectivity index (χ2n) is 9.69. The molecular weight excluding hydrogens is 508 g/mol. The maximum absolute atomic E-state index is 11.3. The predicted octanol–water partition coefficient (Wildman–Crippen LogP) is 3.42. The number of carbonyl (C=O) groups is 1. The van der Waals surface area contributed by atoms with Gasteiger partial charge in [-0.2, -0.15) is 5.10 Å². The van der Waals surface area contributed by atoms with Gasteiger partial charge in [0.2, 0.25) is 5.95 Å². The molecule has 0 aliphatic carbocycles. The first-order valence-corrected chi connectivity index (χ1v) is 13.3. The molecule has 2 aromatic carbocycles. The summed E-state index contributed by atoms with van der Waals surface area (Å²) in [5, 5.41) is 20.2. The first-order chi connectivity index (χ1) is 19.5. The number of morpholine rings is 1. The lowest BCUT2D eigenvalue weighted by Gasteiger charge is -2.26. The van der Waals surface area contributed by atoms with E-state index in [1.807, 2.05) is 43.5 Å². The third-order valence-corrected chi connectivity index (χ3v) is 6.78. The number of aryl methyl sites for hydroxylation is 1. The summed E-state index contributed by atoms with van der Waals surface area (Å²) >= 11 is 0. The second-order valence-corrected chi connectivity index (χ2v) is 9.69. The Morgan fingerprint density at radius 2 is 1.98 bits per heavy atom. The van der Waals surface area contributed by atoms with Crippen molar-refractivity contribution in [1.82, 2.24) is 24.6 Å². The number of aliphatic hydroxyl groups excluding tert-OH is 1. The lowest BCUT2D eigenvalue weighted by atomic mass is 10.0. The van der Waals surface area contributed by atoms with Crippen LogP contribution in [0.3, 0.4) is 0 Å². The van der Waals surface area contributed by atoms with Gasteiger partial charge in [-0.05, 0) is 54.8 Å². The summed E-state index contributed by atoms with van der Waals surface area (Å²) in [4.78, 5) is 23.0. The van der Waals surface area contributed by atoms with Crippen LogP contribution in [0.5, 0.6) is 0 Å². The summed E-state index contributed by atoms with van der Waals surface area (Å²) in [5.41, 5.74) is 12.0. The lowest BCUT2D eigenvalue weighted by molar-refractivity contribution is 0.0384. The van der Waals surface area contributed by atoms with E-state index in [4.69, 9.17) is 20.6 Å². The van der Waals surface area contributed by atoms with Gasteiger partial charge in [-0.3, -0.25) is 9.58 Å². The zero-order valence-electron chi connectivity index (χ0n) is 22.5. The average Bonchev–Trinajstić information content (AvgIpc) is 3.38. The fraction of sp³-hybridized carbons (Fsp3) is 0.310. The van der Waals surface area contributed by atoms with E-state index >= 15 is 0 Å². The van der Waals surface area contributed by atoms with Crippen LogP contribution in [-0.4, -0.2) is 75.2 Å². The van der Waals surface area contributed by atoms with E-state index in [-0.39, 0.29) is 6.61 Å². The summed E-state index contributed by atoms with van der Waals surface area (Å²) in [6.07, 6.45) is 4.54. The topological polar surface area (TPSA) is 143 Å². The van der Waals surface area contributed by atoms with Crippen molar-refractivity contribution >= 4 is 23.4 Å². The number of benzene rings is 2. The van der Waals surface area contributed by atoms with Crippen LogP contribution in [0, 0.1) is 6.92 Å². The van der Waals surface area contributed by atoms with Gasteiger partial charge < -0.3 is 26.2 Å². The molecule has 40 heavy (non-hydrogen) atoms. The van der Waals surface area contributed by atoms with Crippen molar-refractivity contribution in [3.63, 3.8) is 0 Å². The van der Waals surface area contributed by atoms with Crippen LogP contribution in [-0.2, 0) is 17.7 Å². The Labute approximate surface area is 233 Å². The van der Waals surface area contributed by atoms with Crippen molar-refractivity contribution in [2.24, 2.45) is 5.73 Å². The first kappa shape index (κ1) is 27.3. The number of nitrogens with zero attached hydrogens (tertiary/aromatic N) is 5. The number of primary amides is 1. The molecule has 1 fully saturated rings. The molecule has 0 atom stereocenters. The Bertz CT molecular complexity index is 1470. The van der Waals surface area contributed by atoms with Crippen LogP contribution in [0.25, 0.3) is 22.5 Å². The number of nitrogens with two attached hydrogens (primary N) is 1. The zero-order valence-corrected chi connectivity index (χ0v) is 22.5. The van der Waals surface area contributed by atoms with Crippen molar-refractivity contribution in [1.29, 1.82) is 0 Å². The van der Waals surface area contributed by atoms with E-state index in [0.717, 1.165) is 61.6 Å². The first-order valence-electron chi connectivity index (χ1n) is 13.3. The molecule has 0 bridgehead atoms. The summed E-state index contributed by atoms with van der Waals surface area (Å²) in [6, 6.07) is 15.1. The minimum atomic E-state index is -0.618. The summed E-state index contributed by atoms with van der Waals surface area (Å²) < 4.78 is 7.14. The molecule has 0 radical (unpaired) electrons. The molecule has 0 unspecified atom stereocenters. The number of anilines is 3. The van der Waals surface area contributed by atoms with Gasteiger partial charge in [0.15, 0.2) is 0 Å². The number of urea groups is 1. The minimum absolute atomic E-state index is 0.0421. The maximum atomic E-state index is 11.3. The third kappa shape index (κ3) is 6.81. The number of rotatable bonds is 10. The van der Waals surface area contributed by atoms with E-state index in [2.05, 4.69) is 32.7 Å². The molecule has 2 amide bonds. The van der Waals surface area contributed by atoms with Crippen molar-refractivity contribution in [2.75, 3.05) is 50.1 Å². The molecule has 1 aliphatic rings. The molecule has 4 aromatic rings. The van der Waals surface area contributed by atoms with Gasteiger partial charge in [0.05, 0.1) is 32.1 Å².